The van der Waals surface area contributed by atoms with Gasteiger partial charge < -0.3 is 9.67 Å². The summed E-state index contributed by atoms with van der Waals surface area (Å²) in [5.74, 6) is 0.853. The van der Waals surface area contributed by atoms with Crippen LogP contribution in [-0.2, 0) is 13.2 Å². The van der Waals surface area contributed by atoms with Crippen molar-refractivity contribution in [3.63, 3.8) is 0 Å². The molecule has 1 aliphatic rings. The number of aromatic nitrogens is 3. The van der Waals surface area contributed by atoms with E-state index in [0.717, 1.165) is 37.3 Å². The molecule has 7 heteroatoms. The topological polar surface area (TPSA) is 46.2 Å². The van der Waals surface area contributed by atoms with E-state index in [1.54, 1.807) is 0 Å². The molecular weight excluding hydrogens is 332 g/mol. The van der Waals surface area contributed by atoms with E-state index >= 15 is 0 Å². The van der Waals surface area contributed by atoms with Crippen LogP contribution in [0.3, 0.4) is 0 Å². The van der Waals surface area contributed by atoms with Crippen molar-refractivity contribution >= 4 is 23.8 Å². The van der Waals surface area contributed by atoms with E-state index in [-0.39, 0.29) is 6.10 Å². The third-order valence-electron chi connectivity index (χ3n) is 4.16. The Morgan fingerprint density at radius 1 is 1.35 bits per heavy atom. The number of aliphatic hydroxyl groups is 1. The van der Waals surface area contributed by atoms with Gasteiger partial charge in [-0.05, 0) is 56.2 Å². The Morgan fingerprint density at radius 3 is 2.74 bits per heavy atom. The van der Waals surface area contributed by atoms with Crippen LogP contribution < -0.4 is 0 Å². The van der Waals surface area contributed by atoms with Crippen molar-refractivity contribution in [2.75, 3.05) is 13.1 Å². The summed E-state index contributed by atoms with van der Waals surface area (Å²) in [7, 11) is 0. The van der Waals surface area contributed by atoms with Crippen molar-refractivity contribution in [3.05, 3.63) is 34.1 Å². The Morgan fingerprint density at radius 2 is 2.09 bits per heavy atom. The largest absolute Gasteiger partial charge is 0.392 e. The number of benzene rings is 1. The standard InChI is InChI=1S/C16H21ClN4OS/c1-2-20-15(12-5-7-13(17)8-6-12)18-21(16(20)23)11-19-9-3-4-14(22)10-19/h5-8,14,22H,2-4,9-11H2,1H3/t14-/m1/s1. The van der Waals surface area contributed by atoms with Crippen LogP contribution in [0.1, 0.15) is 19.8 Å². The number of β-amino-alcohol motifs (C(OH)–C–C–N with tert-alkyl or cyclic N) is 1. The van der Waals surface area contributed by atoms with E-state index < -0.39 is 0 Å². The average Bonchev–Trinajstić information content (AvgIpc) is 2.84. The maximum Gasteiger partial charge on any atom is 0.199 e. The molecule has 1 aromatic heterocycles. The normalized spacial score (nSPS) is 19.2. The van der Waals surface area contributed by atoms with E-state index in [1.807, 2.05) is 33.5 Å². The summed E-state index contributed by atoms with van der Waals surface area (Å²) >= 11 is 11.6. The molecule has 1 fully saturated rings. The number of nitrogens with zero attached hydrogens (tertiary/aromatic N) is 4. The zero-order chi connectivity index (χ0) is 16.4. The van der Waals surface area contributed by atoms with Crippen molar-refractivity contribution < 1.29 is 5.11 Å². The van der Waals surface area contributed by atoms with E-state index in [1.165, 1.54) is 0 Å². The molecule has 1 aromatic carbocycles. The Balaban J connectivity index is 1.90. The van der Waals surface area contributed by atoms with Gasteiger partial charge in [-0.15, -0.1) is 0 Å². The predicted octanol–water partition coefficient (Wildman–Crippen LogP) is 3.17. The molecule has 0 saturated carbocycles. The molecule has 0 aliphatic carbocycles. The minimum atomic E-state index is -0.248. The van der Waals surface area contributed by atoms with Gasteiger partial charge in [-0.2, -0.15) is 5.10 Å². The van der Waals surface area contributed by atoms with Crippen LogP contribution in [0.15, 0.2) is 24.3 Å². The lowest BCUT2D eigenvalue weighted by Crippen LogP contribution is -2.39. The summed E-state index contributed by atoms with van der Waals surface area (Å²) in [4.78, 5) is 2.20. The third kappa shape index (κ3) is 3.66. The van der Waals surface area contributed by atoms with Crippen LogP contribution in [0.25, 0.3) is 11.4 Å². The van der Waals surface area contributed by atoms with Gasteiger partial charge in [-0.25, -0.2) is 4.68 Å². The molecule has 0 amide bonds. The molecule has 2 heterocycles. The second-order valence-corrected chi connectivity index (χ2v) is 6.67. The van der Waals surface area contributed by atoms with Gasteiger partial charge in [0, 0.05) is 30.2 Å². The highest BCUT2D eigenvalue weighted by molar-refractivity contribution is 7.71. The maximum atomic E-state index is 9.82. The molecule has 23 heavy (non-hydrogen) atoms. The monoisotopic (exact) mass is 352 g/mol. The smallest absolute Gasteiger partial charge is 0.199 e. The van der Waals surface area contributed by atoms with Gasteiger partial charge in [-0.3, -0.25) is 4.90 Å². The minimum Gasteiger partial charge on any atom is -0.392 e. The summed E-state index contributed by atoms with van der Waals surface area (Å²) in [6, 6.07) is 7.64. The first-order chi connectivity index (χ1) is 11.1. The average molecular weight is 353 g/mol. The van der Waals surface area contributed by atoms with Gasteiger partial charge in [0.1, 0.15) is 0 Å². The maximum absolute atomic E-state index is 9.82. The zero-order valence-corrected chi connectivity index (χ0v) is 14.7. The summed E-state index contributed by atoms with van der Waals surface area (Å²) < 4.78 is 4.58. The molecule has 1 atom stereocenters. The highest BCUT2D eigenvalue weighted by atomic mass is 35.5. The molecule has 0 spiro atoms. The van der Waals surface area contributed by atoms with Gasteiger partial charge in [0.2, 0.25) is 0 Å². The van der Waals surface area contributed by atoms with Crippen molar-refractivity contribution in [3.8, 4) is 11.4 Å². The summed E-state index contributed by atoms with van der Waals surface area (Å²) in [6.45, 7) is 5.08. The second-order valence-electron chi connectivity index (χ2n) is 5.87. The van der Waals surface area contributed by atoms with Gasteiger partial charge in [0.05, 0.1) is 12.8 Å². The molecule has 1 saturated heterocycles. The second kappa shape index (κ2) is 7.13. The molecule has 0 bridgehead atoms. The van der Waals surface area contributed by atoms with Crippen molar-refractivity contribution in [1.82, 2.24) is 19.2 Å². The number of hydrogen-bond acceptors (Lipinski definition) is 4. The first kappa shape index (κ1) is 16.6. The molecule has 3 rings (SSSR count). The first-order valence-electron chi connectivity index (χ1n) is 7.92. The molecule has 2 aromatic rings. The number of halogens is 1. The van der Waals surface area contributed by atoms with Crippen LogP contribution in [0.5, 0.6) is 0 Å². The lowest BCUT2D eigenvalue weighted by Gasteiger charge is -2.29. The molecule has 1 N–H and O–H groups in total. The van der Waals surface area contributed by atoms with Crippen molar-refractivity contribution in [2.24, 2.45) is 0 Å². The fourth-order valence-electron chi connectivity index (χ4n) is 2.98. The first-order valence-corrected chi connectivity index (χ1v) is 8.71. The lowest BCUT2D eigenvalue weighted by atomic mass is 10.1. The van der Waals surface area contributed by atoms with E-state index in [0.29, 0.717) is 23.0 Å². The molecule has 0 unspecified atom stereocenters. The lowest BCUT2D eigenvalue weighted by molar-refractivity contribution is 0.0513. The van der Waals surface area contributed by atoms with Crippen molar-refractivity contribution in [2.45, 2.75) is 39.1 Å². The Kier molecular flexibility index (Phi) is 5.16. The van der Waals surface area contributed by atoms with Crippen LogP contribution in [-0.4, -0.2) is 43.5 Å². The van der Waals surface area contributed by atoms with E-state index in [9.17, 15) is 5.11 Å². The van der Waals surface area contributed by atoms with Crippen molar-refractivity contribution in [1.29, 1.82) is 0 Å². The number of aliphatic hydroxyl groups excluding tert-OH is 1. The van der Waals surface area contributed by atoms with E-state index in [2.05, 4.69) is 11.8 Å². The molecule has 1 aliphatic heterocycles. The van der Waals surface area contributed by atoms with Gasteiger partial charge >= 0.3 is 0 Å². The summed E-state index contributed by atoms with van der Waals surface area (Å²) in [6.07, 6.45) is 1.64. The fourth-order valence-corrected chi connectivity index (χ4v) is 3.42. The SMILES string of the molecule is CCn1c(-c2ccc(Cl)cc2)nn(CN2CCC[C@@H](O)C2)c1=S. The Bertz CT molecular complexity index is 725. The Hall–Kier alpha value is -1.21. The number of piperidine rings is 1. The highest BCUT2D eigenvalue weighted by Crippen LogP contribution is 2.21. The Labute approximate surface area is 146 Å². The molecule has 124 valence electrons. The van der Waals surface area contributed by atoms with Crippen LogP contribution in [0.4, 0.5) is 0 Å². The predicted molar refractivity (Wildman–Crippen MR) is 94.0 cm³/mol. The number of hydrogen-bond donors (Lipinski definition) is 1. The van der Waals surface area contributed by atoms with Gasteiger partial charge in [0.25, 0.3) is 0 Å². The number of likely N-dealkylation sites (tertiary alicyclic amines) is 1. The van der Waals surface area contributed by atoms with Gasteiger partial charge in [-0.1, -0.05) is 11.6 Å². The fraction of sp³-hybridized carbons (Fsp3) is 0.500. The summed E-state index contributed by atoms with van der Waals surface area (Å²) in [5.41, 5.74) is 1.000. The highest BCUT2D eigenvalue weighted by Gasteiger charge is 2.19. The molecular formula is C16H21ClN4OS. The minimum absolute atomic E-state index is 0.248. The molecule has 0 radical (unpaired) electrons. The third-order valence-corrected chi connectivity index (χ3v) is 4.84. The van der Waals surface area contributed by atoms with Crippen LogP contribution in [0, 0.1) is 4.77 Å². The quantitative estimate of drug-likeness (QED) is 0.858. The van der Waals surface area contributed by atoms with Gasteiger partial charge in [0.15, 0.2) is 10.6 Å². The number of rotatable bonds is 4. The van der Waals surface area contributed by atoms with Crippen LogP contribution in [0.2, 0.25) is 5.02 Å². The van der Waals surface area contributed by atoms with Crippen LogP contribution >= 0.6 is 23.8 Å². The summed E-state index contributed by atoms with van der Waals surface area (Å²) in [5, 5.41) is 15.2. The zero-order valence-electron chi connectivity index (χ0n) is 13.2. The van der Waals surface area contributed by atoms with E-state index in [4.69, 9.17) is 28.9 Å². The molecule has 5 nitrogen and oxygen atoms in total.